The topological polar surface area (TPSA) is 117 Å². The maximum absolute atomic E-state index is 11.6. The summed E-state index contributed by atoms with van der Waals surface area (Å²) in [5.41, 5.74) is 0. The van der Waals surface area contributed by atoms with Gasteiger partial charge in [0, 0.05) is 19.5 Å². The van der Waals surface area contributed by atoms with E-state index in [9.17, 15) is 14.4 Å². The third-order valence-electron chi connectivity index (χ3n) is 3.06. The summed E-state index contributed by atoms with van der Waals surface area (Å²) in [5, 5.41) is 16.8. The average molecular weight is 301 g/mol. The third kappa shape index (κ3) is 6.44. The maximum atomic E-state index is 11.6. The zero-order chi connectivity index (χ0) is 15.8. The number of carbonyl (C=O) groups is 3. The highest BCUT2D eigenvalue weighted by Crippen LogP contribution is 2.13. The van der Waals surface area contributed by atoms with Gasteiger partial charge in [-0.3, -0.25) is 9.59 Å². The van der Waals surface area contributed by atoms with Crippen molar-refractivity contribution in [3.05, 3.63) is 0 Å². The number of carbonyl (C=O) groups excluding carboxylic acids is 2. The summed E-state index contributed by atoms with van der Waals surface area (Å²) in [6.07, 6.45) is 0.184. The van der Waals surface area contributed by atoms with Crippen LogP contribution in [-0.2, 0) is 14.3 Å². The van der Waals surface area contributed by atoms with Crippen molar-refractivity contribution in [3.63, 3.8) is 0 Å². The van der Waals surface area contributed by atoms with Crippen LogP contribution in [0.3, 0.4) is 0 Å². The predicted octanol–water partition coefficient (Wildman–Crippen LogP) is -0.452. The van der Waals surface area contributed by atoms with Gasteiger partial charge in [-0.25, -0.2) is 4.79 Å². The molecule has 4 N–H and O–H groups in total. The summed E-state index contributed by atoms with van der Waals surface area (Å²) in [6, 6.07) is -1.04. The number of hydrogen-bond donors (Lipinski definition) is 4. The lowest BCUT2D eigenvalue weighted by Crippen LogP contribution is -2.47. The lowest BCUT2D eigenvalue weighted by molar-refractivity contribution is -0.142. The Labute approximate surface area is 123 Å². The maximum Gasteiger partial charge on any atom is 0.315 e. The summed E-state index contributed by atoms with van der Waals surface area (Å²) < 4.78 is 5.04. The quantitative estimate of drug-likeness (QED) is 0.508. The van der Waals surface area contributed by atoms with Crippen LogP contribution in [0.4, 0.5) is 4.79 Å². The third-order valence-corrected chi connectivity index (χ3v) is 3.06. The number of rotatable bonds is 7. The number of amides is 3. The van der Waals surface area contributed by atoms with Crippen LogP contribution in [0.1, 0.15) is 20.3 Å². The summed E-state index contributed by atoms with van der Waals surface area (Å²) in [4.78, 5) is 34.0. The van der Waals surface area contributed by atoms with Gasteiger partial charge in [-0.05, 0) is 5.92 Å². The largest absolute Gasteiger partial charge is 0.481 e. The molecule has 21 heavy (non-hydrogen) atoms. The van der Waals surface area contributed by atoms with Gasteiger partial charge in [0.15, 0.2) is 0 Å². The zero-order valence-corrected chi connectivity index (χ0v) is 12.3. The Kier molecular flexibility index (Phi) is 6.93. The van der Waals surface area contributed by atoms with Crippen LogP contribution in [0.2, 0.25) is 0 Å². The van der Waals surface area contributed by atoms with Crippen molar-refractivity contribution in [2.75, 3.05) is 26.3 Å². The van der Waals surface area contributed by atoms with Crippen LogP contribution in [0.5, 0.6) is 0 Å². The molecule has 0 radical (unpaired) electrons. The van der Waals surface area contributed by atoms with E-state index in [2.05, 4.69) is 16.0 Å². The van der Waals surface area contributed by atoms with Crippen molar-refractivity contribution in [3.8, 4) is 0 Å². The first-order valence-corrected chi connectivity index (χ1v) is 7.01. The Bertz CT molecular complexity index is 386. The van der Waals surface area contributed by atoms with Crippen molar-refractivity contribution in [2.24, 2.45) is 11.8 Å². The number of carboxylic acid groups (broad SMARTS) is 1. The molecule has 8 heteroatoms. The molecule has 0 bridgehead atoms. The normalized spacial score (nSPS) is 21.1. The van der Waals surface area contributed by atoms with E-state index in [4.69, 9.17) is 9.84 Å². The van der Waals surface area contributed by atoms with Gasteiger partial charge in [0.25, 0.3) is 0 Å². The van der Waals surface area contributed by atoms with E-state index in [0.717, 1.165) is 0 Å². The van der Waals surface area contributed by atoms with E-state index in [1.54, 1.807) is 0 Å². The second kappa shape index (κ2) is 8.46. The van der Waals surface area contributed by atoms with Crippen LogP contribution in [0.25, 0.3) is 0 Å². The number of carboxylic acids is 1. The van der Waals surface area contributed by atoms with Gasteiger partial charge in [-0.1, -0.05) is 13.8 Å². The molecule has 2 unspecified atom stereocenters. The zero-order valence-electron chi connectivity index (χ0n) is 12.3. The van der Waals surface area contributed by atoms with Gasteiger partial charge in [-0.15, -0.1) is 0 Å². The van der Waals surface area contributed by atoms with Gasteiger partial charge >= 0.3 is 12.0 Å². The molecule has 1 fully saturated rings. The number of aliphatic carboxylic acids is 1. The van der Waals surface area contributed by atoms with Crippen LogP contribution in [-0.4, -0.2) is 55.4 Å². The minimum absolute atomic E-state index is 0.0951. The van der Waals surface area contributed by atoms with Crippen LogP contribution >= 0.6 is 0 Å². The Hall–Kier alpha value is -1.83. The van der Waals surface area contributed by atoms with E-state index < -0.39 is 24.0 Å². The molecular formula is C13H23N3O5. The Morgan fingerprint density at radius 1 is 1.24 bits per heavy atom. The van der Waals surface area contributed by atoms with Gasteiger partial charge < -0.3 is 25.8 Å². The molecule has 0 aromatic heterocycles. The molecule has 0 spiro atoms. The first kappa shape index (κ1) is 17.2. The standard InChI is InChI=1S/C13H23N3O5/c1-8(2)5-15-11(17)3-4-14-13(20)16-10-7-21-6-9(10)12(18)19/h8-10H,3-7H2,1-2H3,(H,15,17)(H,18,19)(H2,14,16,20). The predicted molar refractivity (Wildman–Crippen MR) is 74.7 cm³/mol. The Morgan fingerprint density at radius 3 is 2.57 bits per heavy atom. The molecular weight excluding hydrogens is 278 g/mol. The number of ether oxygens (including phenoxy) is 1. The molecule has 1 heterocycles. The molecule has 0 aromatic carbocycles. The van der Waals surface area contributed by atoms with Crippen molar-refractivity contribution in [1.29, 1.82) is 0 Å². The summed E-state index contributed by atoms with van der Waals surface area (Å²) in [5.74, 6) is -1.48. The number of nitrogens with one attached hydrogen (secondary N) is 3. The number of hydrogen-bond acceptors (Lipinski definition) is 4. The van der Waals surface area contributed by atoms with Crippen LogP contribution in [0.15, 0.2) is 0 Å². The molecule has 0 aromatic rings. The molecule has 3 amide bonds. The molecule has 0 saturated carbocycles. The fourth-order valence-corrected chi connectivity index (χ4v) is 1.86. The highest BCUT2D eigenvalue weighted by Gasteiger charge is 2.34. The monoisotopic (exact) mass is 301 g/mol. The molecule has 1 aliphatic heterocycles. The van der Waals surface area contributed by atoms with E-state index in [-0.39, 0.29) is 32.1 Å². The highest BCUT2D eigenvalue weighted by atomic mass is 16.5. The summed E-state index contributed by atoms with van der Waals surface area (Å²) >= 11 is 0. The first-order valence-electron chi connectivity index (χ1n) is 7.01. The smallest absolute Gasteiger partial charge is 0.315 e. The van der Waals surface area contributed by atoms with Gasteiger partial charge in [0.05, 0.1) is 19.3 Å². The van der Waals surface area contributed by atoms with E-state index in [1.165, 1.54) is 0 Å². The molecule has 2 atom stereocenters. The fourth-order valence-electron chi connectivity index (χ4n) is 1.86. The molecule has 8 nitrogen and oxygen atoms in total. The van der Waals surface area contributed by atoms with Crippen molar-refractivity contribution >= 4 is 17.9 Å². The van der Waals surface area contributed by atoms with Crippen LogP contribution in [0, 0.1) is 11.8 Å². The molecule has 120 valence electrons. The van der Waals surface area contributed by atoms with Crippen LogP contribution < -0.4 is 16.0 Å². The van der Waals surface area contributed by atoms with Gasteiger partial charge in [-0.2, -0.15) is 0 Å². The second-order valence-electron chi connectivity index (χ2n) is 5.44. The highest BCUT2D eigenvalue weighted by molar-refractivity contribution is 5.79. The van der Waals surface area contributed by atoms with Gasteiger partial charge in [0.2, 0.25) is 5.91 Å². The molecule has 0 aliphatic carbocycles. The van der Waals surface area contributed by atoms with Crippen molar-refractivity contribution in [1.82, 2.24) is 16.0 Å². The fraction of sp³-hybridized carbons (Fsp3) is 0.769. The Morgan fingerprint density at radius 2 is 1.95 bits per heavy atom. The summed E-state index contributed by atoms with van der Waals surface area (Å²) in [7, 11) is 0. The first-order chi connectivity index (χ1) is 9.90. The lowest BCUT2D eigenvalue weighted by atomic mass is 10.0. The average Bonchev–Trinajstić information content (AvgIpc) is 2.84. The van der Waals surface area contributed by atoms with Crippen molar-refractivity contribution in [2.45, 2.75) is 26.3 Å². The SMILES string of the molecule is CC(C)CNC(=O)CCNC(=O)NC1COCC1C(=O)O. The number of urea groups is 1. The van der Waals surface area contributed by atoms with E-state index in [1.807, 2.05) is 13.8 Å². The van der Waals surface area contributed by atoms with Gasteiger partial charge in [0.1, 0.15) is 5.92 Å². The summed E-state index contributed by atoms with van der Waals surface area (Å²) in [6.45, 7) is 5.06. The Balaban J connectivity index is 2.19. The molecule has 1 rings (SSSR count). The minimum Gasteiger partial charge on any atom is -0.481 e. The lowest BCUT2D eigenvalue weighted by Gasteiger charge is -2.16. The van der Waals surface area contributed by atoms with E-state index in [0.29, 0.717) is 12.5 Å². The van der Waals surface area contributed by atoms with Crippen molar-refractivity contribution < 1.29 is 24.2 Å². The van der Waals surface area contributed by atoms with E-state index >= 15 is 0 Å². The minimum atomic E-state index is -0.995. The molecule has 1 saturated heterocycles. The molecule has 1 aliphatic rings. The second-order valence-corrected chi connectivity index (χ2v) is 5.44.